The Labute approximate surface area is 116 Å². The smallest absolute Gasteiger partial charge is 0.349 e. The number of hydrogen-bond donors (Lipinski definition) is 0. The summed E-state index contributed by atoms with van der Waals surface area (Å²) in [6.45, 7) is 3.43. The van der Waals surface area contributed by atoms with Crippen LogP contribution in [0.25, 0.3) is 6.08 Å². The fourth-order valence-corrected chi connectivity index (χ4v) is 1.49. The molecule has 0 spiro atoms. The van der Waals surface area contributed by atoms with E-state index < -0.39 is 5.97 Å². The number of nitriles is 1. The van der Waals surface area contributed by atoms with E-state index in [2.05, 4.69) is 0 Å². The number of rotatable bonds is 3. The van der Waals surface area contributed by atoms with Gasteiger partial charge in [-0.25, -0.2) is 4.79 Å². The summed E-state index contributed by atoms with van der Waals surface area (Å²) in [6.07, 6.45) is 1.13. The summed E-state index contributed by atoms with van der Waals surface area (Å²) in [5.74, 6) is -0.654. The topological polar surface area (TPSA) is 50.1 Å². The first-order valence-electron chi connectivity index (χ1n) is 5.22. The molecule has 3 nitrogen and oxygen atoms in total. The normalized spacial score (nSPS) is 11.2. The molecule has 0 heterocycles. The summed E-state index contributed by atoms with van der Waals surface area (Å²) in [4.78, 5) is 11.6. The van der Waals surface area contributed by atoms with Crippen molar-refractivity contribution < 1.29 is 9.53 Å². The first kappa shape index (κ1) is 14.6. The molecule has 1 aromatic carbocycles. The van der Waals surface area contributed by atoms with Gasteiger partial charge in [-0.05, 0) is 37.6 Å². The molecule has 0 saturated heterocycles. The number of carbonyl (C=O) groups excluding carboxylic acids is 1. The molecule has 0 atom stereocenters. The maximum atomic E-state index is 11.6. The van der Waals surface area contributed by atoms with Crippen LogP contribution in [0.1, 0.15) is 19.4 Å². The highest BCUT2D eigenvalue weighted by molar-refractivity contribution is 6.42. The van der Waals surface area contributed by atoms with E-state index in [-0.39, 0.29) is 11.7 Å². The van der Waals surface area contributed by atoms with Gasteiger partial charge in [0.05, 0.1) is 16.1 Å². The van der Waals surface area contributed by atoms with Crippen molar-refractivity contribution in [3.05, 3.63) is 39.4 Å². The lowest BCUT2D eigenvalue weighted by molar-refractivity contribution is -0.142. The van der Waals surface area contributed by atoms with Gasteiger partial charge in [-0.15, -0.1) is 0 Å². The van der Waals surface area contributed by atoms with Crippen molar-refractivity contribution in [1.82, 2.24) is 0 Å². The van der Waals surface area contributed by atoms with Crippen LogP contribution in [0.3, 0.4) is 0 Å². The minimum absolute atomic E-state index is 0.0814. The average molecular weight is 284 g/mol. The molecule has 0 aliphatic heterocycles. The van der Waals surface area contributed by atoms with Crippen molar-refractivity contribution in [2.24, 2.45) is 0 Å². The third-order valence-corrected chi connectivity index (χ3v) is 2.68. The van der Waals surface area contributed by atoms with Gasteiger partial charge in [-0.2, -0.15) is 5.26 Å². The quantitative estimate of drug-likeness (QED) is 0.481. The Kier molecular flexibility index (Phi) is 5.21. The lowest BCUT2D eigenvalue weighted by atomic mass is 10.1. The Balaban J connectivity index is 3.01. The molecule has 1 aromatic rings. The van der Waals surface area contributed by atoms with E-state index in [1.807, 2.05) is 0 Å². The molecule has 0 radical (unpaired) electrons. The van der Waals surface area contributed by atoms with Gasteiger partial charge in [0.25, 0.3) is 0 Å². The number of benzene rings is 1. The van der Waals surface area contributed by atoms with Crippen molar-refractivity contribution in [3.8, 4) is 6.07 Å². The first-order chi connectivity index (χ1) is 8.43. The lowest BCUT2D eigenvalue weighted by Gasteiger charge is -2.06. The van der Waals surface area contributed by atoms with Crippen LogP contribution in [0, 0.1) is 11.3 Å². The minimum Gasteiger partial charge on any atom is -0.459 e. The summed E-state index contributed by atoms with van der Waals surface area (Å²) in [5.41, 5.74) is 0.531. The predicted molar refractivity (Wildman–Crippen MR) is 71.3 cm³/mol. The highest BCUT2D eigenvalue weighted by Crippen LogP contribution is 2.23. The van der Waals surface area contributed by atoms with Crippen LogP contribution in [-0.4, -0.2) is 12.1 Å². The largest absolute Gasteiger partial charge is 0.459 e. The molecule has 0 aliphatic carbocycles. The summed E-state index contributed by atoms with van der Waals surface area (Å²) in [5, 5.41) is 9.69. The standard InChI is InChI=1S/C13H11Cl2NO2/c1-8(2)18-13(17)10(7-16)5-9-3-4-11(14)12(15)6-9/h3-6,8H,1-2H3. The van der Waals surface area contributed by atoms with E-state index in [9.17, 15) is 4.79 Å². The molecule has 0 N–H and O–H groups in total. The van der Waals surface area contributed by atoms with Gasteiger partial charge < -0.3 is 4.74 Å². The van der Waals surface area contributed by atoms with Crippen LogP contribution in [0.4, 0.5) is 0 Å². The molecule has 0 unspecified atom stereocenters. The molecule has 5 heteroatoms. The van der Waals surface area contributed by atoms with Gasteiger partial charge in [0.15, 0.2) is 0 Å². The van der Waals surface area contributed by atoms with Crippen molar-refractivity contribution in [1.29, 1.82) is 5.26 Å². The second-order valence-corrected chi connectivity index (χ2v) is 4.61. The van der Waals surface area contributed by atoms with Crippen LogP contribution < -0.4 is 0 Å². The number of carbonyl (C=O) groups is 1. The van der Waals surface area contributed by atoms with Crippen LogP contribution in [0.15, 0.2) is 23.8 Å². The molecule has 0 aliphatic rings. The molecule has 1 rings (SSSR count). The summed E-state index contributed by atoms with van der Waals surface area (Å²) in [7, 11) is 0. The van der Waals surface area contributed by atoms with Gasteiger partial charge >= 0.3 is 5.97 Å². The Morgan fingerprint density at radius 1 is 1.39 bits per heavy atom. The summed E-state index contributed by atoms with van der Waals surface area (Å²) in [6, 6.07) is 6.63. The fraction of sp³-hybridized carbons (Fsp3) is 0.231. The van der Waals surface area contributed by atoms with E-state index in [0.717, 1.165) is 0 Å². The molecule has 94 valence electrons. The number of halogens is 2. The summed E-state index contributed by atoms with van der Waals surface area (Å²) >= 11 is 11.6. The molecule has 0 saturated carbocycles. The Morgan fingerprint density at radius 3 is 2.56 bits per heavy atom. The fourth-order valence-electron chi connectivity index (χ4n) is 1.18. The molecule has 0 amide bonds. The van der Waals surface area contributed by atoms with Crippen molar-refractivity contribution >= 4 is 35.2 Å². The van der Waals surface area contributed by atoms with Gasteiger partial charge in [0, 0.05) is 0 Å². The van der Waals surface area contributed by atoms with Gasteiger partial charge in [0.1, 0.15) is 11.6 Å². The van der Waals surface area contributed by atoms with E-state index in [1.54, 1.807) is 38.1 Å². The van der Waals surface area contributed by atoms with E-state index in [1.165, 1.54) is 6.08 Å². The molecule has 0 bridgehead atoms. The molecule has 18 heavy (non-hydrogen) atoms. The van der Waals surface area contributed by atoms with E-state index in [0.29, 0.717) is 15.6 Å². The Hall–Kier alpha value is -1.50. The van der Waals surface area contributed by atoms with Crippen molar-refractivity contribution in [2.75, 3.05) is 0 Å². The predicted octanol–water partition coefficient (Wildman–Crippen LogP) is 3.85. The lowest BCUT2D eigenvalue weighted by Crippen LogP contribution is -2.12. The van der Waals surface area contributed by atoms with Crippen LogP contribution in [0.2, 0.25) is 10.0 Å². The zero-order valence-corrected chi connectivity index (χ0v) is 11.4. The molecular formula is C13H11Cl2NO2. The average Bonchev–Trinajstić information content (AvgIpc) is 2.29. The van der Waals surface area contributed by atoms with E-state index in [4.69, 9.17) is 33.2 Å². The van der Waals surface area contributed by atoms with Crippen molar-refractivity contribution in [3.63, 3.8) is 0 Å². The number of hydrogen-bond acceptors (Lipinski definition) is 3. The Bertz CT molecular complexity index is 530. The zero-order chi connectivity index (χ0) is 13.7. The van der Waals surface area contributed by atoms with Gasteiger partial charge in [-0.3, -0.25) is 0 Å². The number of ether oxygens (including phenoxy) is 1. The van der Waals surface area contributed by atoms with E-state index >= 15 is 0 Å². The highest BCUT2D eigenvalue weighted by Gasteiger charge is 2.12. The third kappa shape index (κ3) is 4.06. The van der Waals surface area contributed by atoms with Crippen LogP contribution >= 0.6 is 23.2 Å². The second kappa shape index (κ2) is 6.44. The van der Waals surface area contributed by atoms with Gasteiger partial charge in [-0.1, -0.05) is 29.3 Å². The second-order valence-electron chi connectivity index (χ2n) is 3.80. The maximum absolute atomic E-state index is 11.6. The molecular weight excluding hydrogens is 273 g/mol. The third-order valence-electron chi connectivity index (χ3n) is 1.94. The SMILES string of the molecule is CC(C)OC(=O)C(C#N)=Cc1ccc(Cl)c(Cl)c1. The Morgan fingerprint density at radius 2 is 2.06 bits per heavy atom. The zero-order valence-electron chi connectivity index (χ0n) is 9.91. The maximum Gasteiger partial charge on any atom is 0.349 e. The van der Waals surface area contributed by atoms with Crippen LogP contribution in [-0.2, 0) is 9.53 Å². The molecule has 0 aromatic heterocycles. The molecule has 0 fully saturated rings. The monoisotopic (exact) mass is 283 g/mol. The highest BCUT2D eigenvalue weighted by atomic mass is 35.5. The number of nitrogens with zero attached hydrogens (tertiary/aromatic N) is 1. The number of esters is 1. The first-order valence-corrected chi connectivity index (χ1v) is 5.97. The van der Waals surface area contributed by atoms with Crippen LogP contribution in [0.5, 0.6) is 0 Å². The van der Waals surface area contributed by atoms with Crippen molar-refractivity contribution in [2.45, 2.75) is 20.0 Å². The summed E-state index contributed by atoms with van der Waals surface area (Å²) < 4.78 is 4.94. The van der Waals surface area contributed by atoms with Gasteiger partial charge in [0.2, 0.25) is 0 Å². The minimum atomic E-state index is -0.654.